The molecule has 0 atom stereocenters. The number of aromatic carboxylic acids is 1. The second kappa shape index (κ2) is 5.61. The van der Waals surface area contributed by atoms with Crippen LogP contribution in [0, 0.1) is 0 Å². The molecule has 0 bridgehead atoms. The molecule has 0 unspecified atom stereocenters. The van der Waals surface area contributed by atoms with Crippen LogP contribution in [-0.4, -0.2) is 23.3 Å². The Labute approximate surface area is 125 Å². The molecule has 0 fully saturated rings. The number of ether oxygens (including phenoxy) is 1. The van der Waals surface area contributed by atoms with E-state index in [1.54, 1.807) is 6.07 Å². The van der Waals surface area contributed by atoms with Gasteiger partial charge in [-0.1, -0.05) is 23.2 Å². The maximum absolute atomic E-state index is 10.8. The molecular weight excluding hydrogens is 303 g/mol. The fourth-order valence-corrected chi connectivity index (χ4v) is 2.28. The van der Waals surface area contributed by atoms with Gasteiger partial charge in [0.1, 0.15) is 11.5 Å². The van der Waals surface area contributed by atoms with Crippen molar-refractivity contribution in [2.45, 2.75) is 0 Å². The maximum Gasteiger partial charge on any atom is 0.335 e. The predicted molar refractivity (Wildman–Crippen MR) is 77.1 cm³/mol. The number of halogens is 2. The lowest BCUT2D eigenvalue weighted by molar-refractivity contribution is 0.0696. The van der Waals surface area contributed by atoms with Crippen LogP contribution in [0.4, 0.5) is 0 Å². The number of phenolic OH excluding ortho intramolecular Hbond substituents is 1. The minimum atomic E-state index is -1.12. The van der Waals surface area contributed by atoms with Crippen molar-refractivity contribution in [3.05, 3.63) is 45.9 Å². The summed E-state index contributed by atoms with van der Waals surface area (Å²) in [4.78, 5) is 10.8. The summed E-state index contributed by atoms with van der Waals surface area (Å²) in [5.41, 5.74) is 0.874. The average molecular weight is 313 g/mol. The van der Waals surface area contributed by atoms with Crippen LogP contribution >= 0.6 is 23.2 Å². The van der Waals surface area contributed by atoms with Crippen LogP contribution in [0.2, 0.25) is 10.0 Å². The van der Waals surface area contributed by atoms with E-state index in [1.165, 1.54) is 25.3 Å². The van der Waals surface area contributed by atoms with Crippen molar-refractivity contribution < 1.29 is 19.7 Å². The Morgan fingerprint density at radius 2 is 1.80 bits per heavy atom. The zero-order valence-electron chi connectivity index (χ0n) is 10.4. The summed E-state index contributed by atoms with van der Waals surface area (Å²) in [7, 11) is 1.47. The van der Waals surface area contributed by atoms with Gasteiger partial charge >= 0.3 is 5.97 Å². The van der Waals surface area contributed by atoms with Crippen molar-refractivity contribution in [2.75, 3.05) is 7.11 Å². The van der Waals surface area contributed by atoms with Gasteiger partial charge in [0.15, 0.2) is 0 Å². The lowest BCUT2D eigenvalue weighted by atomic mass is 10.0. The highest BCUT2D eigenvalue weighted by atomic mass is 35.5. The fourth-order valence-electron chi connectivity index (χ4n) is 1.78. The molecule has 0 amide bonds. The smallest absolute Gasteiger partial charge is 0.335 e. The number of phenols is 1. The van der Waals surface area contributed by atoms with Crippen molar-refractivity contribution in [3.63, 3.8) is 0 Å². The van der Waals surface area contributed by atoms with Crippen molar-refractivity contribution in [3.8, 4) is 22.6 Å². The molecule has 0 aliphatic carbocycles. The van der Waals surface area contributed by atoms with Gasteiger partial charge in [-0.3, -0.25) is 0 Å². The predicted octanol–water partition coefficient (Wildman–Crippen LogP) is 4.07. The van der Waals surface area contributed by atoms with E-state index in [4.69, 9.17) is 33.0 Å². The number of carboxylic acids is 1. The van der Waals surface area contributed by atoms with Crippen LogP contribution in [-0.2, 0) is 0 Å². The highest BCUT2D eigenvalue weighted by Gasteiger charge is 2.14. The topological polar surface area (TPSA) is 66.8 Å². The van der Waals surface area contributed by atoms with Gasteiger partial charge in [0.2, 0.25) is 0 Å². The van der Waals surface area contributed by atoms with E-state index in [0.29, 0.717) is 26.9 Å². The second-order valence-corrected chi connectivity index (χ2v) is 4.82. The van der Waals surface area contributed by atoms with E-state index in [9.17, 15) is 9.90 Å². The van der Waals surface area contributed by atoms with Crippen LogP contribution in [0.5, 0.6) is 11.5 Å². The number of aromatic hydroxyl groups is 1. The highest BCUT2D eigenvalue weighted by molar-refractivity contribution is 6.36. The Balaban J connectivity index is 2.57. The summed E-state index contributed by atoms with van der Waals surface area (Å²) in [6.07, 6.45) is 0. The minimum absolute atomic E-state index is 0.0121. The van der Waals surface area contributed by atoms with E-state index in [-0.39, 0.29) is 11.3 Å². The molecule has 20 heavy (non-hydrogen) atoms. The molecule has 0 saturated heterocycles. The Hall–Kier alpha value is -1.91. The number of rotatable bonds is 3. The van der Waals surface area contributed by atoms with Gasteiger partial charge in [-0.25, -0.2) is 4.79 Å². The number of hydrogen-bond acceptors (Lipinski definition) is 3. The summed E-state index contributed by atoms with van der Waals surface area (Å²) in [6.45, 7) is 0. The first-order valence-electron chi connectivity index (χ1n) is 5.53. The third-order valence-electron chi connectivity index (χ3n) is 2.78. The molecule has 0 radical (unpaired) electrons. The second-order valence-electron chi connectivity index (χ2n) is 4.00. The lowest BCUT2D eigenvalue weighted by Crippen LogP contribution is -1.96. The summed E-state index contributed by atoms with van der Waals surface area (Å²) >= 11 is 12.1. The van der Waals surface area contributed by atoms with Crippen molar-refractivity contribution in [1.29, 1.82) is 0 Å². The summed E-state index contributed by atoms with van der Waals surface area (Å²) in [5, 5.41) is 19.5. The molecule has 0 saturated carbocycles. The van der Waals surface area contributed by atoms with Crippen molar-refractivity contribution >= 4 is 29.2 Å². The zero-order chi connectivity index (χ0) is 14.9. The molecule has 2 aromatic carbocycles. The maximum atomic E-state index is 10.8. The number of carbonyl (C=O) groups is 1. The standard InChI is InChI=1S/C14H10Cl2O4/c1-20-13-6-10(15)9(5-11(13)16)8-3-2-7(14(18)19)4-12(8)17/h2-6,17H,1H3,(H,18,19). The summed E-state index contributed by atoms with van der Waals surface area (Å²) in [6, 6.07) is 7.10. The van der Waals surface area contributed by atoms with Gasteiger partial charge in [-0.2, -0.15) is 0 Å². The number of hydrogen-bond donors (Lipinski definition) is 2. The number of carboxylic acid groups (broad SMARTS) is 1. The monoisotopic (exact) mass is 312 g/mol. The highest BCUT2D eigenvalue weighted by Crippen LogP contribution is 2.40. The molecule has 2 rings (SSSR count). The molecule has 2 aromatic rings. The minimum Gasteiger partial charge on any atom is -0.507 e. The Kier molecular flexibility index (Phi) is 4.06. The van der Waals surface area contributed by atoms with E-state index < -0.39 is 5.97 Å². The summed E-state index contributed by atoms with van der Waals surface area (Å²) < 4.78 is 5.04. The molecule has 0 aliphatic heterocycles. The molecule has 0 aliphatic rings. The SMILES string of the molecule is COc1cc(Cl)c(-c2ccc(C(=O)O)cc2O)cc1Cl. The Bertz CT molecular complexity index is 683. The average Bonchev–Trinajstić information content (AvgIpc) is 2.41. The third kappa shape index (κ3) is 2.66. The Morgan fingerprint density at radius 3 is 2.35 bits per heavy atom. The van der Waals surface area contributed by atoms with Gasteiger partial charge in [0.05, 0.1) is 22.7 Å². The van der Waals surface area contributed by atoms with Crippen molar-refractivity contribution in [2.24, 2.45) is 0 Å². The van der Waals surface area contributed by atoms with E-state index >= 15 is 0 Å². The molecule has 0 heterocycles. The number of methoxy groups -OCH3 is 1. The first kappa shape index (κ1) is 14.5. The van der Waals surface area contributed by atoms with Gasteiger partial charge in [-0.05, 0) is 24.3 Å². The normalized spacial score (nSPS) is 10.3. The molecule has 2 N–H and O–H groups in total. The molecule has 6 heteroatoms. The van der Waals surface area contributed by atoms with Gasteiger partial charge in [-0.15, -0.1) is 0 Å². The van der Waals surface area contributed by atoms with E-state index in [0.717, 1.165) is 6.07 Å². The van der Waals surface area contributed by atoms with Gasteiger partial charge in [0, 0.05) is 17.2 Å². The largest absolute Gasteiger partial charge is 0.507 e. The molecule has 104 valence electrons. The Morgan fingerprint density at radius 1 is 1.10 bits per heavy atom. The first-order chi connectivity index (χ1) is 9.43. The van der Waals surface area contributed by atoms with Crippen LogP contribution in [0.15, 0.2) is 30.3 Å². The molecule has 4 nitrogen and oxygen atoms in total. The third-order valence-corrected chi connectivity index (χ3v) is 3.38. The molecule has 0 aromatic heterocycles. The van der Waals surface area contributed by atoms with Gasteiger partial charge in [0.25, 0.3) is 0 Å². The van der Waals surface area contributed by atoms with E-state index in [2.05, 4.69) is 0 Å². The molecular formula is C14H10Cl2O4. The quantitative estimate of drug-likeness (QED) is 0.896. The summed E-state index contributed by atoms with van der Waals surface area (Å²) in [5.74, 6) is -0.888. The van der Waals surface area contributed by atoms with Crippen molar-refractivity contribution in [1.82, 2.24) is 0 Å². The lowest BCUT2D eigenvalue weighted by Gasteiger charge is -2.11. The van der Waals surface area contributed by atoms with Crippen LogP contribution in [0.1, 0.15) is 10.4 Å². The first-order valence-corrected chi connectivity index (χ1v) is 6.29. The van der Waals surface area contributed by atoms with E-state index in [1.807, 2.05) is 0 Å². The van der Waals surface area contributed by atoms with Crippen LogP contribution in [0.3, 0.4) is 0 Å². The van der Waals surface area contributed by atoms with Crippen LogP contribution in [0.25, 0.3) is 11.1 Å². The number of benzene rings is 2. The van der Waals surface area contributed by atoms with Crippen LogP contribution < -0.4 is 4.74 Å². The molecule has 0 spiro atoms. The zero-order valence-corrected chi connectivity index (χ0v) is 11.9. The van der Waals surface area contributed by atoms with Gasteiger partial charge < -0.3 is 14.9 Å². The fraction of sp³-hybridized carbons (Fsp3) is 0.0714.